The summed E-state index contributed by atoms with van der Waals surface area (Å²) in [5.41, 5.74) is 6.30. The van der Waals surface area contributed by atoms with E-state index in [4.69, 9.17) is 5.73 Å². The molecule has 1 rings (SSSR count). The molecule has 3 N–H and O–H groups in total. The monoisotopic (exact) mass is 280 g/mol. The number of hydrogen-bond acceptors (Lipinski definition) is 3. The minimum atomic E-state index is -2.90. The van der Waals surface area contributed by atoms with Crippen molar-refractivity contribution in [1.82, 2.24) is 0 Å². The number of amides is 1. The van der Waals surface area contributed by atoms with Crippen LogP contribution in [-0.2, 0) is 4.79 Å². The van der Waals surface area contributed by atoms with E-state index in [2.05, 4.69) is 10.1 Å². The smallest absolute Gasteiger partial charge is 0.387 e. The number of carbonyl (C=O) groups excluding carboxylic acids is 1. The van der Waals surface area contributed by atoms with Crippen LogP contribution in [0.4, 0.5) is 14.5 Å². The van der Waals surface area contributed by atoms with E-state index in [-0.39, 0.29) is 18.2 Å². The Morgan fingerprint density at radius 2 is 2.06 bits per heavy atom. The second kappa shape index (κ2) is 7.13. The molecular formula is C11H15ClF2N2O2. The lowest BCUT2D eigenvalue weighted by molar-refractivity contribution is -0.117. The van der Waals surface area contributed by atoms with Crippen molar-refractivity contribution in [3.05, 3.63) is 23.8 Å². The molecule has 1 atom stereocenters. The average molecular weight is 281 g/mol. The number of carbonyl (C=O) groups is 1. The Balaban J connectivity index is 0.00000289. The van der Waals surface area contributed by atoms with Gasteiger partial charge in [-0.3, -0.25) is 4.79 Å². The van der Waals surface area contributed by atoms with E-state index in [1.807, 2.05) is 0 Å². The molecule has 1 amide bonds. The van der Waals surface area contributed by atoms with Crippen LogP contribution in [-0.4, -0.2) is 18.6 Å². The van der Waals surface area contributed by atoms with Crippen LogP contribution in [0.5, 0.6) is 5.75 Å². The predicted octanol–water partition coefficient (Wildman–Crippen LogP) is 2.30. The summed E-state index contributed by atoms with van der Waals surface area (Å²) in [4.78, 5) is 11.3. The summed E-state index contributed by atoms with van der Waals surface area (Å²) in [5.74, 6) is -0.362. The molecule has 0 aromatic heterocycles. The van der Waals surface area contributed by atoms with Crippen molar-refractivity contribution in [3.8, 4) is 5.75 Å². The van der Waals surface area contributed by atoms with E-state index in [1.165, 1.54) is 13.0 Å². The molecule has 0 radical (unpaired) electrons. The Morgan fingerprint density at radius 3 is 2.56 bits per heavy atom. The summed E-state index contributed by atoms with van der Waals surface area (Å²) >= 11 is 0. The molecule has 0 heterocycles. The van der Waals surface area contributed by atoms with Gasteiger partial charge in [0, 0.05) is 11.8 Å². The fraction of sp³-hybridized carbons (Fsp3) is 0.364. The molecule has 0 aliphatic rings. The van der Waals surface area contributed by atoms with Crippen LogP contribution in [0.1, 0.15) is 12.5 Å². The average Bonchev–Trinajstić information content (AvgIpc) is 2.22. The van der Waals surface area contributed by atoms with E-state index in [0.29, 0.717) is 11.3 Å². The van der Waals surface area contributed by atoms with Gasteiger partial charge in [-0.2, -0.15) is 8.78 Å². The largest absolute Gasteiger partial charge is 0.434 e. The number of alkyl halides is 2. The van der Waals surface area contributed by atoms with Crippen LogP contribution in [0.3, 0.4) is 0 Å². The maximum Gasteiger partial charge on any atom is 0.387 e. The highest BCUT2D eigenvalue weighted by molar-refractivity contribution is 5.94. The first kappa shape index (κ1) is 16.6. The third kappa shape index (κ3) is 4.85. The molecule has 0 saturated heterocycles. The number of halogens is 3. The Kier molecular flexibility index (Phi) is 6.57. The molecule has 1 aromatic rings. The predicted molar refractivity (Wildman–Crippen MR) is 67.3 cm³/mol. The number of anilines is 1. The molecule has 0 aliphatic carbocycles. The van der Waals surface area contributed by atoms with E-state index in [0.717, 1.165) is 0 Å². The summed E-state index contributed by atoms with van der Waals surface area (Å²) in [6.45, 7) is 0.266. The van der Waals surface area contributed by atoms with Gasteiger partial charge in [0.1, 0.15) is 5.75 Å². The lowest BCUT2D eigenvalue weighted by atomic mass is 10.2. The number of rotatable bonds is 4. The summed E-state index contributed by atoms with van der Waals surface area (Å²) in [6, 6.07) is 3.83. The van der Waals surface area contributed by atoms with Crippen LogP contribution in [0.15, 0.2) is 18.2 Å². The highest BCUT2D eigenvalue weighted by Crippen LogP contribution is 2.24. The van der Waals surface area contributed by atoms with Crippen molar-refractivity contribution >= 4 is 24.0 Å². The van der Waals surface area contributed by atoms with Crippen molar-refractivity contribution < 1.29 is 18.3 Å². The molecule has 0 aliphatic heterocycles. The summed E-state index contributed by atoms with van der Waals surface area (Å²) in [6.07, 6.45) is 0. The fourth-order valence-corrected chi connectivity index (χ4v) is 1.16. The fourth-order valence-electron chi connectivity index (χ4n) is 1.16. The summed E-state index contributed by atoms with van der Waals surface area (Å²) < 4.78 is 28.5. The van der Waals surface area contributed by atoms with Gasteiger partial charge in [-0.25, -0.2) is 0 Å². The zero-order valence-corrected chi connectivity index (χ0v) is 10.8. The molecule has 0 saturated carbocycles. The Bertz CT molecular complexity index is 414. The van der Waals surface area contributed by atoms with E-state index in [1.54, 1.807) is 19.1 Å². The Labute approximate surface area is 110 Å². The van der Waals surface area contributed by atoms with Crippen molar-refractivity contribution in [2.24, 2.45) is 5.73 Å². The van der Waals surface area contributed by atoms with Gasteiger partial charge in [0.25, 0.3) is 0 Å². The molecule has 0 spiro atoms. The van der Waals surface area contributed by atoms with Gasteiger partial charge < -0.3 is 15.8 Å². The van der Waals surface area contributed by atoms with Crippen LogP contribution >= 0.6 is 12.4 Å². The molecule has 7 heteroatoms. The molecule has 0 unspecified atom stereocenters. The topological polar surface area (TPSA) is 64.4 Å². The van der Waals surface area contributed by atoms with Gasteiger partial charge >= 0.3 is 6.61 Å². The van der Waals surface area contributed by atoms with Crippen LogP contribution in [0, 0.1) is 6.92 Å². The van der Waals surface area contributed by atoms with Crippen molar-refractivity contribution in [2.75, 3.05) is 5.32 Å². The summed E-state index contributed by atoms with van der Waals surface area (Å²) in [5, 5.41) is 2.49. The first-order valence-electron chi connectivity index (χ1n) is 5.02. The third-order valence-electron chi connectivity index (χ3n) is 2.09. The Hall–Kier alpha value is -1.40. The van der Waals surface area contributed by atoms with Gasteiger partial charge in [0.05, 0.1) is 6.04 Å². The van der Waals surface area contributed by atoms with Gasteiger partial charge in [-0.1, -0.05) is 6.07 Å². The van der Waals surface area contributed by atoms with E-state index in [9.17, 15) is 13.6 Å². The van der Waals surface area contributed by atoms with Crippen LogP contribution in [0.2, 0.25) is 0 Å². The maximum atomic E-state index is 12.1. The third-order valence-corrected chi connectivity index (χ3v) is 2.09. The number of aryl methyl sites for hydroxylation is 1. The molecule has 0 bridgehead atoms. The van der Waals surface area contributed by atoms with Crippen molar-refractivity contribution in [3.63, 3.8) is 0 Å². The number of ether oxygens (including phenoxy) is 1. The first-order valence-corrected chi connectivity index (χ1v) is 5.02. The van der Waals surface area contributed by atoms with Crippen LogP contribution < -0.4 is 15.8 Å². The lowest BCUT2D eigenvalue weighted by Gasteiger charge is -2.12. The van der Waals surface area contributed by atoms with Crippen LogP contribution in [0.25, 0.3) is 0 Å². The second-order valence-electron chi connectivity index (χ2n) is 3.64. The van der Waals surface area contributed by atoms with Gasteiger partial charge in [-0.15, -0.1) is 12.4 Å². The Morgan fingerprint density at radius 1 is 1.44 bits per heavy atom. The van der Waals surface area contributed by atoms with Gasteiger partial charge in [0.15, 0.2) is 0 Å². The van der Waals surface area contributed by atoms with Crippen molar-refractivity contribution in [2.45, 2.75) is 26.5 Å². The van der Waals surface area contributed by atoms with E-state index < -0.39 is 18.6 Å². The number of benzene rings is 1. The zero-order valence-electron chi connectivity index (χ0n) is 9.94. The quantitative estimate of drug-likeness (QED) is 0.889. The van der Waals surface area contributed by atoms with E-state index >= 15 is 0 Å². The highest BCUT2D eigenvalue weighted by Gasteiger charge is 2.11. The molecule has 102 valence electrons. The lowest BCUT2D eigenvalue weighted by Crippen LogP contribution is -2.32. The first-order chi connectivity index (χ1) is 7.90. The minimum absolute atomic E-state index is 0. The molecule has 18 heavy (non-hydrogen) atoms. The summed E-state index contributed by atoms with van der Waals surface area (Å²) in [7, 11) is 0. The normalized spacial score (nSPS) is 11.7. The van der Waals surface area contributed by atoms with Gasteiger partial charge in [0.2, 0.25) is 5.91 Å². The minimum Gasteiger partial charge on any atom is -0.434 e. The number of hydrogen-bond donors (Lipinski definition) is 2. The second-order valence-corrected chi connectivity index (χ2v) is 3.64. The molecule has 4 nitrogen and oxygen atoms in total. The standard InChI is InChI=1S/C11H14F2N2O2.ClH/c1-6-3-4-8(15-10(16)7(2)14)5-9(6)17-11(12)13;/h3-5,7,11H,14H2,1-2H3,(H,15,16);1H/t7-;/m1./s1. The van der Waals surface area contributed by atoms with Crippen molar-refractivity contribution in [1.29, 1.82) is 0 Å². The maximum absolute atomic E-state index is 12.1. The molecular weight excluding hydrogens is 266 g/mol. The van der Waals surface area contributed by atoms with Gasteiger partial charge in [-0.05, 0) is 25.5 Å². The number of nitrogens with two attached hydrogens (primary N) is 1. The number of nitrogens with one attached hydrogen (secondary N) is 1. The SMILES string of the molecule is Cc1ccc(NC(=O)[C@@H](C)N)cc1OC(F)F.Cl. The molecule has 0 fully saturated rings. The highest BCUT2D eigenvalue weighted by atomic mass is 35.5. The molecule has 1 aromatic carbocycles. The zero-order chi connectivity index (χ0) is 13.0.